The largest absolute Gasteiger partial charge is 0.416 e. The molecule has 3 rings (SSSR count). The van der Waals surface area contributed by atoms with Crippen LogP contribution in [0.5, 0.6) is 0 Å². The van der Waals surface area contributed by atoms with Gasteiger partial charge in [0.05, 0.1) is 18.7 Å². The summed E-state index contributed by atoms with van der Waals surface area (Å²) in [6.45, 7) is 1.48. The summed E-state index contributed by atoms with van der Waals surface area (Å²) in [5, 5.41) is 9.86. The van der Waals surface area contributed by atoms with Gasteiger partial charge in [0.25, 0.3) is 0 Å². The lowest BCUT2D eigenvalue weighted by Gasteiger charge is -2.33. The summed E-state index contributed by atoms with van der Waals surface area (Å²) < 4.78 is 39.0. The van der Waals surface area contributed by atoms with E-state index in [1.165, 1.54) is 17.3 Å². The third-order valence-electron chi connectivity index (χ3n) is 5.18. The zero-order chi connectivity index (χ0) is 22.4. The minimum absolute atomic E-state index is 0.0520. The first-order valence-electron chi connectivity index (χ1n) is 9.99. The third kappa shape index (κ3) is 6.19. The quantitative estimate of drug-likeness (QED) is 0.553. The average molecular weight is 437 g/mol. The van der Waals surface area contributed by atoms with Crippen LogP contribution in [0.4, 0.5) is 13.2 Å². The van der Waals surface area contributed by atoms with E-state index in [1.54, 1.807) is 20.2 Å². The first kappa shape index (κ1) is 22.6. The van der Waals surface area contributed by atoms with E-state index in [-0.39, 0.29) is 24.9 Å². The molecule has 1 aliphatic heterocycles. The number of H-pyrrole nitrogens is 1. The van der Waals surface area contributed by atoms with E-state index in [4.69, 9.17) is 0 Å². The number of benzene rings is 1. The van der Waals surface area contributed by atoms with E-state index in [0.29, 0.717) is 24.6 Å². The number of alkyl halides is 3. The van der Waals surface area contributed by atoms with Crippen LogP contribution in [-0.4, -0.2) is 70.6 Å². The van der Waals surface area contributed by atoms with Crippen LogP contribution in [0, 0.1) is 0 Å². The molecular formula is C20H26F3N7O. The number of likely N-dealkylation sites (tertiary alicyclic amines) is 1. The molecule has 1 fully saturated rings. The molecule has 2 heterocycles. The second-order valence-electron chi connectivity index (χ2n) is 7.61. The summed E-state index contributed by atoms with van der Waals surface area (Å²) in [6, 6.07) is 5.12. The molecule has 2 N–H and O–H groups in total. The number of carbonyl (C=O) groups is 1. The van der Waals surface area contributed by atoms with E-state index in [0.717, 1.165) is 30.8 Å². The first-order valence-corrected chi connectivity index (χ1v) is 9.99. The summed E-state index contributed by atoms with van der Waals surface area (Å²) in [5.41, 5.74) is -0.255. The number of aliphatic imine (C=N–C) groups is 1. The van der Waals surface area contributed by atoms with E-state index in [9.17, 15) is 18.0 Å². The molecule has 1 aromatic heterocycles. The van der Waals surface area contributed by atoms with E-state index < -0.39 is 11.7 Å². The maximum Gasteiger partial charge on any atom is 0.416 e. The highest BCUT2D eigenvalue weighted by Gasteiger charge is 2.30. The zero-order valence-corrected chi connectivity index (χ0v) is 17.5. The van der Waals surface area contributed by atoms with Gasteiger partial charge in [0.15, 0.2) is 5.96 Å². The van der Waals surface area contributed by atoms with Gasteiger partial charge in [-0.15, -0.1) is 0 Å². The summed E-state index contributed by atoms with van der Waals surface area (Å²) in [5.74, 6) is 1.48. The first-order chi connectivity index (χ1) is 14.7. The number of piperidine rings is 1. The van der Waals surface area contributed by atoms with E-state index in [2.05, 4.69) is 25.5 Å². The predicted octanol–water partition coefficient (Wildman–Crippen LogP) is 2.24. The second kappa shape index (κ2) is 9.80. The van der Waals surface area contributed by atoms with Crippen LogP contribution in [0.2, 0.25) is 0 Å². The maximum absolute atomic E-state index is 13.0. The van der Waals surface area contributed by atoms with E-state index in [1.807, 2.05) is 4.90 Å². The van der Waals surface area contributed by atoms with Crippen molar-refractivity contribution in [3.63, 3.8) is 0 Å². The number of nitrogens with zero attached hydrogens (tertiary/aromatic N) is 5. The van der Waals surface area contributed by atoms with E-state index >= 15 is 0 Å². The van der Waals surface area contributed by atoms with Gasteiger partial charge in [0, 0.05) is 33.1 Å². The Bertz CT molecular complexity index is 888. The van der Waals surface area contributed by atoms with Crippen LogP contribution in [-0.2, 0) is 17.5 Å². The number of guanidine groups is 1. The van der Waals surface area contributed by atoms with Crippen LogP contribution in [0.1, 0.15) is 35.7 Å². The average Bonchev–Trinajstić information content (AvgIpc) is 3.28. The lowest BCUT2D eigenvalue weighted by atomic mass is 9.96. The highest BCUT2D eigenvalue weighted by molar-refractivity contribution is 5.86. The number of aromatic amines is 1. The van der Waals surface area contributed by atoms with Crippen molar-refractivity contribution >= 4 is 11.9 Å². The molecule has 0 unspecified atom stereocenters. The van der Waals surface area contributed by atoms with Crippen molar-refractivity contribution in [2.75, 3.05) is 33.7 Å². The predicted molar refractivity (Wildman–Crippen MR) is 109 cm³/mol. The molecule has 0 spiro atoms. The molecule has 0 saturated carbocycles. The van der Waals surface area contributed by atoms with Gasteiger partial charge in [-0.2, -0.15) is 18.3 Å². The SMILES string of the molecule is CN(C)C(=O)CNC(=NCc1cccc(C(F)(F)F)c1)N1CCC(c2ncn[nH]2)CC1. The number of nitrogens with one attached hydrogen (secondary N) is 2. The van der Waals surface area contributed by atoms with Crippen LogP contribution in [0.25, 0.3) is 0 Å². The number of halogens is 3. The van der Waals surface area contributed by atoms with Crippen molar-refractivity contribution in [3.05, 3.63) is 47.5 Å². The molecular weight excluding hydrogens is 411 g/mol. The van der Waals surface area contributed by atoms with Crippen LogP contribution >= 0.6 is 0 Å². The number of hydrogen-bond acceptors (Lipinski definition) is 4. The summed E-state index contributed by atoms with van der Waals surface area (Å²) in [7, 11) is 3.32. The molecule has 1 aliphatic rings. The van der Waals surface area contributed by atoms with Gasteiger partial charge in [0.2, 0.25) is 5.91 Å². The van der Waals surface area contributed by atoms with Crippen LogP contribution in [0.15, 0.2) is 35.6 Å². The maximum atomic E-state index is 13.0. The molecule has 0 bridgehead atoms. The van der Waals surface area contributed by atoms with Gasteiger partial charge in [-0.1, -0.05) is 12.1 Å². The second-order valence-corrected chi connectivity index (χ2v) is 7.61. The van der Waals surface area contributed by atoms with Gasteiger partial charge < -0.3 is 15.1 Å². The Morgan fingerprint density at radius 1 is 1.32 bits per heavy atom. The summed E-state index contributed by atoms with van der Waals surface area (Å²) >= 11 is 0. The summed E-state index contributed by atoms with van der Waals surface area (Å²) in [6.07, 6.45) is -1.28. The molecule has 8 nitrogen and oxygen atoms in total. The highest BCUT2D eigenvalue weighted by Crippen LogP contribution is 2.30. The molecule has 0 atom stereocenters. The minimum Gasteiger partial charge on any atom is -0.347 e. The Balaban J connectivity index is 1.71. The van der Waals surface area contributed by atoms with Crippen molar-refractivity contribution < 1.29 is 18.0 Å². The fourth-order valence-corrected chi connectivity index (χ4v) is 3.37. The molecule has 168 valence electrons. The lowest BCUT2D eigenvalue weighted by Crippen LogP contribution is -2.48. The number of hydrogen-bond donors (Lipinski definition) is 2. The van der Waals surface area contributed by atoms with Crippen molar-refractivity contribution in [2.24, 2.45) is 4.99 Å². The van der Waals surface area contributed by atoms with Gasteiger partial charge in [0.1, 0.15) is 12.2 Å². The Morgan fingerprint density at radius 3 is 2.68 bits per heavy atom. The fourth-order valence-electron chi connectivity index (χ4n) is 3.37. The third-order valence-corrected chi connectivity index (χ3v) is 5.18. The number of rotatable bonds is 5. The Kier molecular flexibility index (Phi) is 7.13. The standard InChI is InChI=1S/C20H26F3N7O/c1-29(2)17(31)12-25-19(24-11-14-4-3-5-16(10-14)20(21,22)23)30-8-6-15(7-9-30)18-26-13-27-28-18/h3-5,10,13,15H,6-9,11-12H2,1-2H3,(H,24,25)(H,26,27,28). The molecule has 1 saturated heterocycles. The van der Waals surface area contributed by atoms with Crippen molar-refractivity contribution in [3.8, 4) is 0 Å². The zero-order valence-electron chi connectivity index (χ0n) is 17.5. The molecule has 2 aromatic rings. The monoisotopic (exact) mass is 437 g/mol. The number of amides is 1. The van der Waals surface area contributed by atoms with Crippen LogP contribution < -0.4 is 5.32 Å². The van der Waals surface area contributed by atoms with Gasteiger partial charge >= 0.3 is 6.18 Å². The fraction of sp³-hybridized carbons (Fsp3) is 0.500. The van der Waals surface area contributed by atoms with Gasteiger partial charge in [-0.05, 0) is 30.5 Å². The lowest BCUT2D eigenvalue weighted by molar-refractivity contribution is -0.137. The summed E-state index contributed by atoms with van der Waals surface area (Å²) in [4.78, 5) is 24.2. The molecule has 31 heavy (non-hydrogen) atoms. The number of likely N-dealkylation sites (N-methyl/N-ethyl adjacent to an activating group) is 1. The number of carbonyl (C=O) groups excluding carboxylic acids is 1. The van der Waals surface area contributed by atoms with Crippen molar-refractivity contribution in [1.82, 2.24) is 30.3 Å². The smallest absolute Gasteiger partial charge is 0.347 e. The molecule has 1 aromatic carbocycles. The van der Waals surface area contributed by atoms with Gasteiger partial charge in [-0.25, -0.2) is 9.98 Å². The van der Waals surface area contributed by atoms with Gasteiger partial charge in [-0.3, -0.25) is 9.89 Å². The van der Waals surface area contributed by atoms with Crippen LogP contribution in [0.3, 0.4) is 0 Å². The van der Waals surface area contributed by atoms with Crippen molar-refractivity contribution in [1.29, 1.82) is 0 Å². The molecule has 0 aliphatic carbocycles. The molecule has 0 radical (unpaired) electrons. The Morgan fingerprint density at radius 2 is 2.06 bits per heavy atom. The minimum atomic E-state index is -4.40. The van der Waals surface area contributed by atoms with Crippen molar-refractivity contribution in [2.45, 2.75) is 31.5 Å². The Hall–Kier alpha value is -3.11. The highest BCUT2D eigenvalue weighted by atomic mass is 19.4. The Labute approximate surface area is 178 Å². The number of aromatic nitrogens is 3. The normalized spacial score (nSPS) is 15.8. The molecule has 1 amide bonds. The molecule has 11 heteroatoms. The topological polar surface area (TPSA) is 89.5 Å².